The summed E-state index contributed by atoms with van der Waals surface area (Å²) in [5.41, 5.74) is 0. The number of carbonyl (C=O) groups excluding carboxylic acids is 6. The van der Waals surface area contributed by atoms with Crippen molar-refractivity contribution in [1.82, 2.24) is 0 Å². The third-order valence-electron chi connectivity index (χ3n) is 1.49. The summed E-state index contributed by atoms with van der Waals surface area (Å²) in [6.45, 7) is 8.42. The molecule has 22 heavy (non-hydrogen) atoms. The molecule has 135 valence electrons. The number of hydrogen-bond acceptors (Lipinski definition) is 6. The Morgan fingerprint density at radius 3 is 0.500 bits per heavy atom. The molecule has 0 aromatic rings. The van der Waals surface area contributed by atoms with Gasteiger partial charge in [0.25, 0.3) is 0 Å². The molecule has 0 heterocycles. The Balaban J connectivity index is -0.000000108. The van der Waals surface area contributed by atoms with E-state index in [1.165, 1.54) is 41.5 Å². The molecule has 0 aliphatic heterocycles. The van der Waals surface area contributed by atoms with E-state index >= 15 is 0 Å². The fourth-order valence-electron chi connectivity index (χ4n) is 1.05. The molecule has 0 N–H and O–H groups in total. The molecule has 6 nitrogen and oxygen atoms in total. The topological polar surface area (TPSA) is 102 Å². The molecule has 0 bridgehead atoms. The molecule has 0 unspecified atom stereocenters. The van der Waals surface area contributed by atoms with Crippen LogP contribution in [-0.4, -0.2) is 34.7 Å². The van der Waals surface area contributed by atoms with Gasteiger partial charge in [-0.3, -0.25) is 28.8 Å². The zero-order chi connectivity index (χ0) is 17.6. The Labute approximate surface area is 125 Å². The summed E-state index contributed by atoms with van der Waals surface area (Å²) in [5, 5.41) is 0. The van der Waals surface area contributed by atoms with Gasteiger partial charge in [-0.25, -0.2) is 0 Å². The van der Waals surface area contributed by atoms with Crippen molar-refractivity contribution in [2.75, 3.05) is 0 Å². The van der Waals surface area contributed by atoms with Gasteiger partial charge >= 0.3 is 0 Å². The van der Waals surface area contributed by atoms with Crippen LogP contribution in [0.15, 0.2) is 0 Å². The predicted octanol–water partition coefficient (Wildman–Crippen LogP) is 1.66. The van der Waals surface area contributed by atoms with Crippen molar-refractivity contribution >= 4 is 34.7 Å². The Kier molecular flexibility index (Phi) is 20.0. The molecule has 0 aliphatic carbocycles. The molecule has 0 rings (SSSR count). The quantitative estimate of drug-likeness (QED) is 0.457. The zero-order valence-electron chi connectivity index (χ0n) is 13.8. The summed E-state index contributed by atoms with van der Waals surface area (Å²) in [4.78, 5) is 60.2. The third kappa shape index (κ3) is 53.7. The van der Waals surface area contributed by atoms with Gasteiger partial charge in [-0.2, -0.15) is 0 Å². The van der Waals surface area contributed by atoms with Crippen molar-refractivity contribution < 1.29 is 28.8 Å². The van der Waals surface area contributed by atoms with Gasteiger partial charge < -0.3 is 0 Å². The minimum Gasteiger partial charge on any atom is -0.300 e. The molecule has 0 spiro atoms. The van der Waals surface area contributed by atoms with Crippen LogP contribution in [0.1, 0.15) is 60.8 Å². The molecule has 0 aromatic carbocycles. The largest absolute Gasteiger partial charge is 0.300 e. The van der Waals surface area contributed by atoms with Gasteiger partial charge in [-0.1, -0.05) is 0 Å². The Bertz CT molecular complexity index is 314. The number of Topliss-reactive ketones (excluding diaryl/α,β-unsaturated/α-hetero) is 6. The Morgan fingerprint density at radius 2 is 0.500 bits per heavy atom. The molecule has 0 saturated heterocycles. The molecule has 0 atom stereocenters. The molecular weight excluding hydrogens is 538 g/mol. The fourth-order valence-corrected chi connectivity index (χ4v) is 1.05. The van der Waals surface area contributed by atoms with E-state index in [1.54, 1.807) is 0 Å². The average molecular weight is 562 g/mol. The van der Waals surface area contributed by atoms with Crippen LogP contribution < -0.4 is 0 Å². The van der Waals surface area contributed by atoms with Gasteiger partial charge in [0.1, 0.15) is 34.7 Å². The van der Waals surface area contributed by atoms with E-state index in [0.29, 0.717) is 0 Å². The summed E-state index contributed by atoms with van der Waals surface area (Å²) in [6, 6.07) is 0. The number of carbonyl (C=O) groups is 6. The van der Waals surface area contributed by atoms with Crippen molar-refractivity contribution in [2.45, 2.75) is 60.8 Å². The van der Waals surface area contributed by atoms with Crippen LogP contribution in [-0.2, 0) is 28.8 Å². The average Bonchev–Trinajstić information content (AvgIpc) is 2.10. The van der Waals surface area contributed by atoms with Gasteiger partial charge in [0.15, 0.2) is 0 Å². The van der Waals surface area contributed by atoms with Crippen LogP contribution in [0, 0.1) is 0 Å². The fraction of sp³-hybridized carbons (Fsp3) is 0.600. The van der Waals surface area contributed by atoms with E-state index in [1.807, 2.05) is 0 Å². The first-order valence-electron chi connectivity index (χ1n) is 6.35. The summed E-state index contributed by atoms with van der Waals surface area (Å²) in [7, 11) is 0. The third-order valence-corrected chi connectivity index (χ3v) is 1.49. The van der Waals surface area contributed by atoms with Crippen molar-refractivity contribution in [3.05, 3.63) is 0 Å². The van der Waals surface area contributed by atoms with Crippen molar-refractivity contribution in [3.63, 3.8) is 0 Å². The van der Waals surface area contributed by atoms with E-state index in [-0.39, 0.29) is 54.0 Å². The van der Waals surface area contributed by atoms with Crippen LogP contribution in [0.2, 0.25) is 0 Å². The first-order valence-corrected chi connectivity index (χ1v) is 6.35. The predicted molar refractivity (Wildman–Crippen MR) is 77.9 cm³/mol. The molecular formula is C15H24LrO6. The second-order valence-corrected chi connectivity index (χ2v) is 4.74. The maximum atomic E-state index is 10.0. The Morgan fingerprint density at radius 1 is 0.409 bits per heavy atom. The minimum absolute atomic E-state index is 0. The molecule has 0 saturated carbocycles. The van der Waals surface area contributed by atoms with Gasteiger partial charge in [0.05, 0.1) is 19.3 Å². The number of rotatable bonds is 6. The smallest absolute Gasteiger partial charge is 0.137 e. The van der Waals surface area contributed by atoms with Gasteiger partial charge in [-0.05, 0) is 41.5 Å². The number of hydrogen-bond donors (Lipinski definition) is 0. The molecule has 0 fully saturated rings. The van der Waals surface area contributed by atoms with Crippen molar-refractivity contribution in [1.29, 1.82) is 0 Å². The summed E-state index contributed by atoms with van der Waals surface area (Å²) < 4.78 is 0. The maximum Gasteiger partial charge on any atom is 0.137 e. The Hall–Kier alpha value is -2.98. The van der Waals surface area contributed by atoms with E-state index in [4.69, 9.17) is 0 Å². The van der Waals surface area contributed by atoms with Crippen LogP contribution in [0.3, 0.4) is 0 Å². The van der Waals surface area contributed by atoms with E-state index in [9.17, 15) is 28.8 Å². The normalized spacial score (nSPS) is 7.91. The summed E-state index contributed by atoms with van der Waals surface area (Å²) >= 11 is 0. The van der Waals surface area contributed by atoms with Gasteiger partial charge in [0, 0.05) is 0 Å². The van der Waals surface area contributed by atoms with Crippen LogP contribution in [0.5, 0.6) is 0 Å². The van der Waals surface area contributed by atoms with Crippen LogP contribution in [0.4, 0.5) is 0 Å². The van der Waals surface area contributed by atoms with E-state index in [0.717, 1.165) is 0 Å². The maximum absolute atomic E-state index is 10.0. The molecule has 0 aromatic heterocycles. The van der Waals surface area contributed by atoms with Gasteiger partial charge in [0.2, 0.25) is 0 Å². The molecule has 0 amide bonds. The molecule has 1 radical (unpaired) electrons. The zero-order valence-corrected chi connectivity index (χ0v) is 16.0. The van der Waals surface area contributed by atoms with Crippen molar-refractivity contribution in [2.24, 2.45) is 0 Å². The SMILES string of the molecule is CC(=O)CC(C)=O.CC(=O)CC(C)=O.CC(=O)CC(C)=O.[Lr]. The second-order valence-electron chi connectivity index (χ2n) is 4.74. The summed E-state index contributed by atoms with van der Waals surface area (Å²) in [6.07, 6.45) is 0.250. The van der Waals surface area contributed by atoms with Gasteiger partial charge in [-0.15, -0.1) is 0 Å². The van der Waals surface area contributed by atoms with Crippen molar-refractivity contribution in [3.8, 4) is 0 Å². The molecule has 0 aliphatic rings. The molecule has 7 heteroatoms. The van der Waals surface area contributed by atoms with Crippen LogP contribution in [0.25, 0.3) is 0 Å². The monoisotopic (exact) mass is 562 g/mol. The standard InChI is InChI=1S/3C5H8O2.Lr/c3*1-4(6)3-5(2)7;/h3*3H2,1-2H3;. The first-order chi connectivity index (χ1) is 9.38. The minimum atomic E-state index is -0.0625. The summed E-state index contributed by atoms with van der Waals surface area (Å²) in [5.74, 6) is -0.375. The number of ketones is 6. The van der Waals surface area contributed by atoms with E-state index < -0.39 is 0 Å². The first kappa shape index (κ1) is 27.4. The van der Waals surface area contributed by atoms with Crippen LogP contribution >= 0.6 is 0 Å². The second kappa shape index (κ2) is 16.1. The van der Waals surface area contributed by atoms with E-state index in [2.05, 4.69) is 0 Å².